The van der Waals surface area contributed by atoms with Crippen molar-refractivity contribution < 1.29 is 17.9 Å². The molecule has 0 fully saturated rings. The van der Waals surface area contributed by atoms with E-state index < -0.39 is 12.8 Å². The number of rotatable bonds is 4. The molecule has 116 valence electrons. The third-order valence-corrected chi connectivity index (χ3v) is 2.96. The Labute approximate surface area is 121 Å². The van der Waals surface area contributed by atoms with E-state index in [9.17, 15) is 13.2 Å². The largest absolute Gasteiger partial charge is 0.484 e. The fourth-order valence-corrected chi connectivity index (χ4v) is 1.93. The minimum atomic E-state index is -4.34. The van der Waals surface area contributed by atoms with Gasteiger partial charge in [-0.3, -0.25) is 4.99 Å². The number of nitrogens with one attached hydrogen (secondary N) is 2. The molecule has 0 aliphatic carbocycles. The van der Waals surface area contributed by atoms with Crippen molar-refractivity contribution in [2.75, 3.05) is 19.7 Å². The van der Waals surface area contributed by atoms with Gasteiger partial charge < -0.3 is 15.4 Å². The Hall–Kier alpha value is -1.92. The van der Waals surface area contributed by atoms with E-state index >= 15 is 0 Å². The number of hydrogen-bond acceptors (Lipinski definition) is 4. The molecule has 1 heterocycles. The molecular weight excluding hydrogens is 283 g/mol. The zero-order valence-electron chi connectivity index (χ0n) is 11.8. The van der Waals surface area contributed by atoms with Gasteiger partial charge in [0.2, 0.25) is 0 Å². The van der Waals surface area contributed by atoms with Crippen LogP contribution >= 0.6 is 0 Å². The van der Waals surface area contributed by atoms with Crippen LogP contribution in [0.5, 0.6) is 5.75 Å². The Morgan fingerprint density at radius 3 is 2.86 bits per heavy atom. The van der Waals surface area contributed by atoms with Crippen LogP contribution in [0.4, 0.5) is 13.2 Å². The number of ether oxygens (including phenoxy) is 1. The van der Waals surface area contributed by atoms with Gasteiger partial charge in [0.05, 0.1) is 0 Å². The number of benzene rings is 1. The van der Waals surface area contributed by atoms with Crippen LogP contribution in [0.3, 0.4) is 0 Å². The minimum Gasteiger partial charge on any atom is -0.484 e. The van der Waals surface area contributed by atoms with Crippen molar-refractivity contribution >= 4 is 5.96 Å². The summed E-state index contributed by atoms with van der Waals surface area (Å²) >= 11 is 0. The molecule has 1 aromatic rings. The Bertz CT molecular complexity index is 515. The van der Waals surface area contributed by atoms with E-state index in [1.165, 1.54) is 0 Å². The lowest BCUT2D eigenvalue weighted by molar-refractivity contribution is -0.153. The number of aliphatic imine (C=N–C) groups is 1. The van der Waals surface area contributed by atoms with E-state index in [0.29, 0.717) is 18.1 Å². The van der Waals surface area contributed by atoms with E-state index in [1.54, 1.807) is 12.1 Å². The Balaban J connectivity index is 2.02. The molecule has 0 saturated carbocycles. The normalized spacial score (nSPS) is 15.1. The van der Waals surface area contributed by atoms with Crippen LogP contribution in [0, 0.1) is 6.92 Å². The van der Waals surface area contributed by atoms with Crippen molar-refractivity contribution in [2.45, 2.75) is 26.1 Å². The van der Waals surface area contributed by atoms with E-state index in [2.05, 4.69) is 15.6 Å². The first-order valence-electron chi connectivity index (χ1n) is 6.75. The highest BCUT2D eigenvalue weighted by Crippen LogP contribution is 2.23. The molecule has 0 spiro atoms. The molecule has 0 saturated heterocycles. The van der Waals surface area contributed by atoms with Gasteiger partial charge in [0, 0.05) is 25.2 Å². The first kappa shape index (κ1) is 15.5. The molecule has 2 rings (SSSR count). The standard InChI is InChI=1S/C14H18F3N3O/c1-10-3-4-11(8-20-13-18-5-2-6-19-13)12(7-10)21-9-14(15,16)17/h3-4,7H,2,5-6,8-9H2,1H3,(H2,18,19,20). The van der Waals surface area contributed by atoms with Gasteiger partial charge >= 0.3 is 6.18 Å². The number of hydrogen-bond donors (Lipinski definition) is 2. The molecule has 7 heteroatoms. The van der Waals surface area contributed by atoms with Crippen molar-refractivity contribution in [3.8, 4) is 5.75 Å². The van der Waals surface area contributed by atoms with Crippen molar-refractivity contribution in [3.63, 3.8) is 0 Å². The lowest BCUT2D eigenvalue weighted by Crippen LogP contribution is -2.40. The van der Waals surface area contributed by atoms with E-state index in [-0.39, 0.29) is 5.75 Å². The molecule has 2 N–H and O–H groups in total. The second kappa shape index (κ2) is 6.69. The predicted octanol–water partition coefficient (Wildman–Crippen LogP) is 2.38. The average Bonchev–Trinajstić information content (AvgIpc) is 2.44. The van der Waals surface area contributed by atoms with E-state index in [4.69, 9.17) is 4.74 Å². The molecule has 0 amide bonds. The Kier molecular flexibility index (Phi) is 4.93. The van der Waals surface area contributed by atoms with Gasteiger partial charge in [-0.2, -0.15) is 13.2 Å². The summed E-state index contributed by atoms with van der Waals surface area (Å²) < 4.78 is 41.7. The number of nitrogens with zero attached hydrogens (tertiary/aromatic N) is 1. The van der Waals surface area contributed by atoms with Crippen molar-refractivity contribution in [2.24, 2.45) is 4.99 Å². The Morgan fingerprint density at radius 1 is 1.38 bits per heavy atom. The highest BCUT2D eigenvalue weighted by Gasteiger charge is 2.28. The molecule has 0 atom stereocenters. The highest BCUT2D eigenvalue weighted by atomic mass is 19.4. The third kappa shape index (κ3) is 5.17. The maximum Gasteiger partial charge on any atom is 0.422 e. The molecule has 0 unspecified atom stereocenters. The quantitative estimate of drug-likeness (QED) is 0.897. The molecule has 1 aromatic carbocycles. The molecule has 0 aromatic heterocycles. The second-order valence-corrected chi connectivity index (χ2v) is 4.88. The lowest BCUT2D eigenvalue weighted by atomic mass is 10.1. The topological polar surface area (TPSA) is 45.7 Å². The monoisotopic (exact) mass is 301 g/mol. The third-order valence-electron chi connectivity index (χ3n) is 2.96. The molecule has 1 aliphatic heterocycles. The number of halogens is 3. The average molecular weight is 301 g/mol. The van der Waals surface area contributed by atoms with E-state index in [0.717, 1.165) is 25.1 Å². The fraction of sp³-hybridized carbons (Fsp3) is 0.500. The number of aryl methyl sites for hydroxylation is 1. The van der Waals surface area contributed by atoms with Crippen molar-refractivity contribution in [1.29, 1.82) is 0 Å². The first-order chi connectivity index (χ1) is 9.94. The van der Waals surface area contributed by atoms with Gasteiger partial charge in [0.15, 0.2) is 12.6 Å². The Morgan fingerprint density at radius 2 is 2.19 bits per heavy atom. The van der Waals surface area contributed by atoms with Crippen LogP contribution < -0.4 is 15.4 Å². The summed E-state index contributed by atoms with van der Waals surface area (Å²) in [6.45, 7) is 2.48. The minimum absolute atomic E-state index is 0.247. The zero-order chi connectivity index (χ0) is 15.3. The fourth-order valence-electron chi connectivity index (χ4n) is 1.93. The van der Waals surface area contributed by atoms with Crippen LogP contribution in [-0.4, -0.2) is 31.8 Å². The summed E-state index contributed by atoms with van der Waals surface area (Å²) in [4.78, 5) is 4.25. The number of alkyl halides is 3. The van der Waals surface area contributed by atoms with Crippen LogP contribution in [0.25, 0.3) is 0 Å². The molecule has 0 radical (unpaired) electrons. The lowest BCUT2D eigenvalue weighted by Gasteiger charge is -2.18. The van der Waals surface area contributed by atoms with Gasteiger partial charge in [0.1, 0.15) is 5.75 Å². The SMILES string of the molecule is Cc1ccc(CNC2=NCCCN2)c(OCC(F)(F)F)c1. The zero-order valence-corrected chi connectivity index (χ0v) is 11.8. The van der Waals surface area contributed by atoms with Crippen LogP contribution in [0.2, 0.25) is 0 Å². The van der Waals surface area contributed by atoms with Crippen molar-refractivity contribution in [1.82, 2.24) is 10.6 Å². The molecule has 4 nitrogen and oxygen atoms in total. The molecule has 1 aliphatic rings. The summed E-state index contributed by atoms with van der Waals surface area (Å²) in [5.41, 5.74) is 1.52. The summed E-state index contributed by atoms with van der Waals surface area (Å²) in [7, 11) is 0. The smallest absolute Gasteiger partial charge is 0.422 e. The molecular formula is C14H18F3N3O. The van der Waals surface area contributed by atoms with Gasteiger partial charge in [-0.15, -0.1) is 0 Å². The van der Waals surface area contributed by atoms with Gasteiger partial charge in [0.25, 0.3) is 0 Å². The van der Waals surface area contributed by atoms with Gasteiger partial charge in [-0.05, 0) is 25.0 Å². The van der Waals surface area contributed by atoms with E-state index in [1.807, 2.05) is 13.0 Å². The summed E-state index contributed by atoms with van der Waals surface area (Å²) in [6, 6.07) is 5.21. The maximum atomic E-state index is 12.3. The molecule has 21 heavy (non-hydrogen) atoms. The van der Waals surface area contributed by atoms with Crippen molar-refractivity contribution in [3.05, 3.63) is 29.3 Å². The first-order valence-corrected chi connectivity index (χ1v) is 6.75. The van der Waals surface area contributed by atoms with Crippen LogP contribution in [-0.2, 0) is 6.54 Å². The van der Waals surface area contributed by atoms with Gasteiger partial charge in [-0.1, -0.05) is 12.1 Å². The highest BCUT2D eigenvalue weighted by molar-refractivity contribution is 5.80. The van der Waals surface area contributed by atoms with Crippen LogP contribution in [0.15, 0.2) is 23.2 Å². The summed E-state index contributed by atoms with van der Waals surface area (Å²) in [6.07, 6.45) is -3.36. The van der Waals surface area contributed by atoms with Gasteiger partial charge in [-0.25, -0.2) is 0 Å². The van der Waals surface area contributed by atoms with Crippen LogP contribution in [0.1, 0.15) is 17.5 Å². The summed E-state index contributed by atoms with van der Waals surface area (Å²) in [5.74, 6) is 0.917. The maximum absolute atomic E-state index is 12.3. The summed E-state index contributed by atoms with van der Waals surface area (Å²) in [5, 5.41) is 6.17. The number of guanidine groups is 1. The molecule has 0 bridgehead atoms. The predicted molar refractivity (Wildman–Crippen MR) is 74.5 cm³/mol. The second-order valence-electron chi connectivity index (χ2n) is 4.88.